The number of carbonyl (C=O) groups is 1. The summed E-state index contributed by atoms with van der Waals surface area (Å²) in [5, 5.41) is 11.8. The Balaban J connectivity index is 3.80. The highest BCUT2D eigenvalue weighted by atomic mass is 16.3. The first-order valence-electron chi connectivity index (χ1n) is 4.52. The summed E-state index contributed by atoms with van der Waals surface area (Å²) in [5.74, 6) is -0.347. The van der Waals surface area contributed by atoms with Crippen molar-refractivity contribution in [2.75, 3.05) is 13.2 Å². The van der Waals surface area contributed by atoms with E-state index in [1.807, 2.05) is 13.8 Å². The van der Waals surface area contributed by atoms with Gasteiger partial charge in [-0.25, -0.2) is 0 Å². The Morgan fingerprint density at radius 1 is 1.62 bits per heavy atom. The molecule has 0 aliphatic heterocycles. The Morgan fingerprint density at radius 3 is 2.54 bits per heavy atom. The Hall–Kier alpha value is -0.610. The molecule has 4 nitrogen and oxygen atoms in total. The van der Waals surface area contributed by atoms with Crippen molar-refractivity contribution in [2.45, 2.75) is 33.2 Å². The van der Waals surface area contributed by atoms with Crippen molar-refractivity contribution in [3.05, 3.63) is 0 Å². The van der Waals surface area contributed by atoms with Crippen LogP contribution in [0.4, 0.5) is 0 Å². The molecule has 0 fully saturated rings. The predicted octanol–water partition coefficient (Wildman–Crippen LogP) is -0.142. The third-order valence-corrected chi connectivity index (χ3v) is 2.10. The highest BCUT2D eigenvalue weighted by Gasteiger charge is 2.18. The average Bonchev–Trinajstić information content (AvgIpc) is 2.00. The largest absolute Gasteiger partial charge is 0.396 e. The number of rotatable bonds is 6. The van der Waals surface area contributed by atoms with Gasteiger partial charge in [-0.05, 0) is 18.8 Å². The molecule has 0 rings (SSSR count). The van der Waals surface area contributed by atoms with E-state index in [1.54, 1.807) is 6.92 Å². The van der Waals surface area contributed by atoms with Crippen LogP contribution in [0.2, 0.25) is 0 Å². The molecule has 0 aliphatic carbocycles. The zero-order valence-corrected chi connectivity index (χ0v) is 8.63. The number of nitrogens with one attached hydrogen (secondary N) is 1. The second kappa shape index (κ2) is 5.19. The smallest absolute Gasteiger partial charge is 0.234 e. The van der Waals surface area contributed by atoms with Gasteiger partial charge in [-0.1, -0.05) is 13.8 Å². The average molecular weight is 188 g/mol. The minimum atomic E-state index is -0.347. The molecule has 0 aromatic carbocycles. The number of carbonyl (C=O) groups excluding carboxylic acids is 1. The zero-order valence-electron chi connectivity index (χ0n) is 8.63. The third kappa shape index (κ3) is 5.60. The molecule has 0 bridgehead atoms. The van der Waals surface area contributed by atoms with Gasteiger partial charge in [0.05, 0.1) is 6.04 Å². The van der Waals surface area contributed by atoms with Gasteiger partial charge < -0.3 is 16.2 Å². The summed E-state index contributed by atoms with van der Waals surface area (Å²) in [5.41, 5.74) is 5.09. The van der Waals surface area contributed by atoms with Gasteiger partial charge in [0.1, 0.15) is 0 Å². The minimum Gasteiger partial charge on any atom is -0.396 e. The van der Waals surface area contributed by atoms with Crippen molar-refractivity contribution in [1.82, 2.24) is 5.32 Å². The first-order chi connectivity index (χ1) is 5.89. The normalized spacial score (nSPS) is 14.2. The van der Waals surface area contributed by atoms with Crippen LogP contribution in [-0.2, 0) is 4.79 Å². The van der Waals surface area contributed by atoms with Gasteiger partial charge in [0.2, 0.25) is 5.91 Å². The molecule has 0 saturated heterocycles. The van der Waals surface area contributed by atoms with E-state index in [1.165, 1.54) is 0 Å². The Labute approximate surface area is 79.5 Å². The van der Waals surface area contributed by atoms with Crippen LogP contribution >= 0.6 is 0 Å². The van der Waals surface area contributed by atoms with Gasteiger partial charge in [-0.3, -0.25) is 4.79 Å². The van der Waals surface area contributed by atoms with Gasteiger partial charge in [-0.2, -0.15) is 0 Å². The van der Waals surface area contributed by atoms with Gasteiger partial charge in [0, 0.05) is 13.2 Å². The maximum absolute atomic E-state index is 10.7. The number of aliphatic hydroxyl groups is 1. The van der Waals surface area contributed by atoms with E-state index in [0.717, 1.165) is 0 Å². The van der Waals surface area contributed by atoms with Crippen LogP contribution in [0, 0.1) is 5.41 Å². The van der Waals surface area contributed by atoms with Gasteiger partial charge in [0.15, 0.2) is 0 Å². The molecule has 4 N–H and O–H groups in total. The molecule has 1 amide bonds. The number of aliphatic hydroxyl groups excluding tert-OH is 1. The van der Waals surface area contributed by atoms with Crippen molar-refractivity contribution < 1.29 is 9.90 Å². The topological polar surface area (TPSA) is 75.3 Å². The minimum absolute atomic E-state index is 0.00153. The fourth-order valence-corrected chi connectivity index (χ4v) is 0.921. The molecular weight excluding hydrogens is 168 g/mol. The van der Waals surface area contributed by atoms with E-state index in [2.05, 4.69) is 5.32 Å². The van der Waals surface area contributed by atoms with E-state index in [4.69, 9.17) is 10.8 Å². The highest BCUT2D eigenvalue weighted by molar-refractivity contribution is 5.79. The monoisotopic (exact) mass is 188 g/mol. The molecule has 1 unspecified atom stereocenters. The Morgan fingerprint density at radius 2 is 2.15 bits per heavy atom. The lowest BCUT2D eigenvalue weighted by molar-refractivity contribution is -0.119. The fourth-order valence-electron chi connectivity index (χ4n) is 0.921. The summed E-state index contributed by atoms with van der Waals surface area (Å²) in [4.78, 5) is 10.7. The second-order valence-corrected chi connectivity index (χ2v) is 4.14. The summed E-state index contributed by atoms with van der Waals surface area (Å²) in [7, 11) is 0. The Bertz CT molecular complexity index is 169. The molecule has 0 radical (unpaired) electrons. The molecule has 0 spiro atoms. The number of amides is 1. The van der Waals surface area contributed by atoms with E-state index in [9.17, 15) is 4.79 Å². The fraction of sp³-hybridized carbons (Fsp3) is 0.889. The van der Waals surface area contributed by atoms with Crippen molar-refractivity contribution in [3.63, 3.8) is 0 Å². The summed E-state index contributed by atoms with van der Waals surface area (Å²) >= 11 is 0. The SMILES string of the molecule is CC(NCC(C)(C)CCO)C(N)=O. The number of nitrogens with two attached hydrogens (primary N) is 1. The van der Waals surface area contributed by atoms with Gasteiger partial charge >= 0.3 is 0 Å². The predicted molar refractivity (Wildman–Crippen MR) is 52.1 cm³/mol. The summed E-state index contributed by atoms with van der Waals surface area (Å²) in [6.45, 7) is 6.64. The zero-order chi connectivity index (χ0) is 10.5. The van der Waals surface area contributed by atoms with Crippen molar-refractivity contribution >= 4 is 5.91 Å². The molecule has 0 aliphatic rings. The number of primary amides is 1. The summed E-state index contributed by atoms with van der Waals surface area (Å²) in [6, 6.07) is -0.307. The molecule has 13 heavy (non-hydrogen) atoms. The van der Waals surface area contributed by atoms with Gasteiger partial charge in [-0.15, -0.1) is 0 Å². The number of hydrogen-bond acceptors (Lipinski definition) is 3. The van der Waals surface area contributed by atoms with Crippen LogP contribution < -0.4 is 11.1 Å². The van der Waals surface area contributed by atoms with Crippen LogP contribution in [0.15, 0.2) is 0 Å². The lowest BCUT2D eigenvalue weighted by Gasteiger charge is -2.25. The van der Waals surface area contributed by atoms with Crippen molar-refractivity contribution in [3.8, 4) is 0 Å². The molecule has 1 atom stereocenters. The lowest BCUT2D eigenvalue weighted by atomic mass is 9.89. The molecular formula is C9H20N2O2. The van der Waals surface area contributed by atoms with Crippen LogP contribution in [0.3, 0.4) is 0 Å². The van der Waals surface area contributed by atoms with Crippen LogP contribution in [0.25, 0.3) is 0 Å². The highest BCUT2D eigenvalue weighted by Crippen LogP contribution is 2.17. The third-order valence-electron chi connectivity index (χ3n) is 2.10. The molecule has 78 valence electrons. The van der Waals surface area contributed by atoms with E-state index in [-0.39, 0.29) is 24.0 Å². The van der Waals surface area contributed by atoms with Crippen LogP contribution in [-0.4, -0.2) is 30.2 Å². The van der Waals surface area contributed by atoms with Gasteiger partial charge in [0.25, 0.3) is 0 Å². The van der Waals surface area contributed by atoms with Crippen molar-refractivity contribution in [1.29, 1.82) is 0 Å². The summed E-state index contributed by atoms with van der Waals surface area (Å²) in [6.07, 6.45) is 0.714. The first-order valence-corrected chi connectivity index (χ1v) is 4.52. The number of hydrogen-bond donors (Lipinski definition) is 3. The molecule has 0 aromatic heterocycles. The summed E-state index contributed by atoms with van der Waals surface area (Å²) < 4.78 is 0. The van der Waals surface area contributed by atoms with E-state index >= 15 is 0 Å². The quantitative estimate of drug-likeness (QED) is 0.543. The molecule has 0 saturated carbocycles. The lowest BCUT2D eigenvalue weighted by Crippen LogP contribution is -2.43. The van der Waals surface area contributed by atoms with E-state index in [0.29, 0.717) is 13.0 Å². The van der Waals surface area contributed by atoms with Crippen LogP contribution in [0.1, 0.15) is 27.2 Å². The molecule has 4 heteroatoms. The second-order valence-electron chi connectivity index (χ2n) is 4.14. The van der Waals surface area contributed by atoms with E-state index < -0.39 is 0 Å². The van der Waals surface area contributed by atoms with Crippen LogP contribution in [0.5, 0.6) is 0 Å². The first kappa shape index (κ1) is 12.4. The maximum Gasteiger partial charge on any atom is 0.234 e. The standard InChI is InChI=1S/C9H20N2O2/c1-7(8(10)13)11-6-9(2,3)4-5-12/h7,11-12H,4-6H2,1-3H3,(H2,10,13). The Kier molecular flexibility index (Phi) is 4.95. The molecule has 0 heterocycles. The maximum atomic E-state index is 10.7. The van der Waals surface area contributed by atoms with Crippen molar-refractivity contribution in [2.24, 2.45) is 11.1 Å². The molecule has 0 aromatic rings.